The van der Waals surface area contributed by atoms with Crippen molar-refractivity contribution in [2.24, 2.45) is 0 Å². The molecular weight excluding hydrogens is 374 g/mol. The third-order valence-corrected chi connectivity index (χ3v) is 5.64. The van der Waals surface area contributed by atoms with E-state index in [0.717, 1.165) is 54.3 Å². The highest BCUT2D eigenvalue weighted by molar-refractivity contribution is 6.35. The van der Waals surface area contributed by atoms with E-state index in [4.69, 9.17) is 16.3 Å². The zero-order valence-electron chi connectivity index (χ0n) is 16.5. The number of hydrogen-bond donors (Lipinski definition) is 3. The molecule has 1 aromatic carbocycles. The molecule has 1 atom stereocenters. The van der Waals surface area contributed by atoms with Crippen LogP contribution in [-0.4, -0.2) is 36.2 Å². The largest absolute Gasteiger partial charge is 0.492 e. The number of aryl methyl sites for hydroxylation is 1. The number of ether oxygens (including phenoxy) is 1. The van der Waals surface area contributed by atoms with Crippen molar-refractivity contribution in [1.82, 2.24) is 15.3 Å². The van der Waals surface area contributed by atoms with Gasteiger partial charge in [-0.15, -0.1) is 0 Å². The lowest BCUT2D eigenvalue weighted by atomic mass is 9.95. The standard InChI is InChI=1S/C21H26ClN5O/c1-12-4-5-14(6-8-24-12)18-19(22)16(11-15-7-9-28-20(15)18)26-21-25-13(2)10-17(23-3)27-21/h6,10-12,24H,4-5,7-9H2,1-3H3,(H2,23,25,26,27)/t12-/m1/s1. The minimum atomic E-state index is 0.489. The molecule has 3 heterocycles. The first-order valence-electron chi connectivity index (χ1n) is 9.76. The van der Waals surface area contributed by atoms with Gasteiger partial charge in [0.05, 0.1) is 17.3 Å². The Labute approximate surface area is 170 Å². The predicted molar refractivity (Wildman–Crippen MR) is 115 cm³/mol. The van der Waals surface area contributed by atoms with Crippen LogP contribution in [0.3, 0.4) is 0 Å². The Morgan fingerprint density at radius 2 is 2.11 bits per heavy atom. The smallest absolute Gasteiger partial charge is 0.229 e. The molecule has 0 aliphatic carbocycles. The SMILES string of the molecule is CNc1cc(C)nc(Nc2cc3c(c(C4=CCN[C@H](C)CC4)c2Cl)OCC3)n1. The second kappa shape index (κ2) is 7.97. The van der Waals surface area contributed by atoms with E-state index in [1.54, 1.807) is 0 Å². The predicted octanol–water partition coefficient (Wildman–Crippen LogP) is 4.31. The van der Waals surface area contributed by atoms with Crippen LogP contribution >= 0.6 is 11.6 Å². The highest BCUT2D eigenvalue weighted by atomic mass is 35.5. The van der Waals surface area contributed by atoms with Gasteiger partial charge in [0.2, 0.25) is 5.95 Å². The molecule has 0 unspecified atom stereocenters. The molecule has 148 valence electrons. The Morgan fingerprint density at radius 1 is 1.25 bits per heavy atom. The molecular formula is C21H26ClN5O. The Bertz CT molecular complexity index is 927. The van der Waals surface area contributed by atoms with E-state index in [9.17, 15) is 0 Å². The number of allylic oxidation sites excluding steroid dienone is 1. The number of fused-ring (bicyclic) bond motifs is 1. The summed E-state index contributed by atoms with van der Waals surface area (Å²) in [7, 11) is 1.84. The summed E-state index contributed by atoms with van der Waals surface area (Å²) < 4.78 is 5.98. The molecule has 2 aliphatic heterocycles. The molecule has 0 saturated heterocycles. The van der Waals surface area contributed by atoms with Crippen molar-refractivity contribution in [3.05, 3.63) is 40.1 Å². The fraction of sp³-hybridized carbons (Fsp3) is 0.429. The number of nitrogens with zero attached hydrogens (tertiary/aromatic N) is 2. The topological polar surface area (TPSA) is 71.1 Å². The molecule has 28 heavy (non-hydrogen) atoms. The number of halogens is 1. The lowest BCUT2D eigenvalue weighted by molar-refractivity contribution is 0.356. The van der Waals surface area contributed by atoms with Gasteiger partial charge >= 0.3 is 0 Å². The zero-order valence-corrected chi connectivity index (χ0v) is 17.3. The Morgan fingerprint density at radius 3 is 2.93 bits per heavy atom. The molecule has 0 bridgehead atoms. The van der Waals surface area contributed by atoms with Crippen LogP contribution in [0.1, 0.15) is 36.6 Å². The summed E-state index contributed by atoms with van der Waals surface area (Å²) in [4.78, 5) is 9.00. The van der Waals surface area contributed by atoms with Crippen molar-refractivity contribution in [1.29, 1.82) is 0 Å². The first-order chi connectivity index (χ1) is 13.5. The van der Waals surface area contributed by atoms with E-state index < -0.39 is 0 Å². The lowest BCUT2D eigenvalue weighted by Gasteiger charge is -2.18. The lowest BCUT2D eigenvalue weighted by Crippen LogP contribution is -2.24. The van der Waals surface area contributed by atoms with Crippen molar-refractivity contribution in [3.8, 4) is 5.75 Å². The fourth-order valence-corrected chi connectivity index (χ4v) is 4.06. The molecule has 7 heteroatoms. The number of hydrogen-bond acceptors (Lipinski definition) is 6. The van der Waals surface area contributed by atoms with E-state index in [1.807, 2.05) is 20.0 Å². The number of benzene rings is 1. The number of rotatable bonds is 4. The van der Waals surface area contributed by atoms with Crippen LogP contribution in [0, 0.1) is 6.92 Å². The second-order valence-electron chi connectivity index (χ2n) is 7.37. The number of anilines is 3. The molecule has 2 aromatic rings. The third kappa shape index (κ3) is 3.80. The van der Waals surface area contributed by atoms with Crippen molar-refractivity contribution in [3.63, 3.8) is 0 Å². The van der Waals surface area contributed by atoms with Gasteiger partial charge in [-0.25, -0.2) is 4.98 Å². The Hall–Kier alpha value is -2.31. The molecule has 3 N–H and O–H groups in total. The Kier molecular flexibility index (Phi) is 5.42. The minimum absolute atomic E-state index is 0.489. The molecule has 4 rings (SSSR count). The van der Waals surface area contributed by atoms with Crippen molar-refractivity contribution < 1.29 is 4.74 Å². The van der Waals surface area contributed by atoms with Crippen LogP contribution < -0.4 is 20.7 Å². The van der Waals surface area contributed by atoms with Gasteiger partial charge in [0, 0.05) is 48.9 Å². The molecule has 1 aromatic heterocycles. The van der Waals surface area contributed by atoms with Crippen molar-refractivity contribution in [2.75, 3.05) is 30.8 Å². The maximum atomic E-state index is 6.90. The Balaban J connectivity index is 1.75. The normalized spacial score (nSPS) is 18.7. The van der Waals surface area contributed by atoms with Gasteiger partial charge < -0.3 is 20.7 Å². The summed E-state index contributed by atoms with van der Waals surface area (Å²) in [6, 6.07) is 4.46. The van der Waals surface area contributed by atoms with Crippen LogP contribution in [0.5, 0.6) is 5.75 Å². The van der Waals surface area contributed by atoms with E-state index in [0.29, 0.717) is 23.6 Å². The summed E-state index contributed by atoms with van der Waals surface area (Å²) in [6.45, 7) is 5.69. The summed E-state index contributed by atoms with van der Waals surface area (Å²) in [5, 5.41) is 10.6. The van der Waals surface area contributed by atoms with Gasteiger partial charge in [-0.1, -0.05) is 17.7 Å². The maximum absolute atomic E-state index is 6.90. The zero-order chi connectivity index (χ0) is 19.7. The first-order valence-corrected chi connectivity index (χ1v) is 10.1. The number of aromatic nitrogens is 2. The second-order valence-corrected chi connectivity index (χ2v) is 7.75. The highest BCUT2D eigenvalue weighted by Gasteiger charge is 2.25. The van der Waals surface area contributed by atoms with Crippen LogP contribution in [0.2, 0.25) is 5.02 Å². The monoisotopic (exact) mass is 399 g/mol. The molecule has 6 nitrogen and oxygen atoms in total. The van der Waals surface area contributed by atoms with E-state index in [2.05, 4.69) is 45.0 Å². The fourth-order valence-electron chi connectivity index (χ4n) is 3.75. The summed E-state index contributed by atoms with van der Waals surface area (Å²) in [6.07, 6.45) is 5.16. The van der Waals surface area contributed by atoms with Gasteiger partial charge in [-0.3, -0.25) is 0 Å². The first kappa shape index (κ1) is 19.0. The van der Waals surface area contributed by atoms with Crippen molar-refractivity contribution >= 4 is 34.6 Å². The van der Waals surface area contributed by atoms with Gasteiger partial charge in [0.1, 0.15) is 11.6 Å². The van der Waals surface area contributed by atoms with Crippen LogP contribution in [0.4, 0.5) is 17.5 Å². The van der Waals surface area contributed by atoms with E-state index in [1.165, 1.54) is 11.1 Å². The van der Waals surface area contributed by atoms with Crippen LogP contribution in [0.15, 0.2) is 18.2 Å². The molecule has 0 amide bonds. The van der Waals surface area contributed by atoms with Gasteiger partial charge in [0.15, 0.2) is 0 Å². The highest BCUT2D eigenvalue weighted by Crippen LogP contribution is 2.45. The van der Waals surface area contributed by atoms with Gasteiger partial charge in [-0.2, -0.15) is 4.98 Å². The van der Waals surface area contributed by atoms with Crippen molar-refractivity contribution in [2.45, 2.75) is 39.2 Å². The maximum Gasteiger partial charge on any atom is 0.229 e. The van der Waals surface area contributed by atoms with E-state index in [-0.39, 0.29) is 0 Å². The average molecular weight is 400 g/mol. The molecule has 2 aliphatic rings. The summed E-state index contributed by atoms with van der Waals surface area (Å²) >= 11 is 6.90. The van der Waals surface area contributed by atoms with Crippen LogP contribution in [0.25, 0.3) is 5.57 Å². The molecule has 0 fully saturated rings. The summed E-state index contributed by atoms with van der Waals surface area (Å²) in [5.41, 5.74) is 5.13. The van der Waals surface area contributed by atoms with E-state index >= 15 is 0 Å². The summed E-state index contributed by atoms with van der Waals surface area (Å²) in [5.74, 6) is 2.22. The molecule has 0 spiro atoms. The third-order valence-electron chi connectivity index (χ3n) is 5.25. The van der Waals surface area contributed by atoms with Gasteiger partial charge in [-0.05, 0) is 38.3 Å². The quantitative estimate of drug-likeness (QED) is 0.711. The van der Waals surface area contributed by atoms with Gasteiger partial charge in [0.25, 0.3) is 0 Å². The average Bonchev–Trinajstić information content (AvgIpc) is 3.02. The number of nitrogens with one attached hydrogen (secondary N) is 3. The molecule has 0 saturated carbocycles. The minimum Gasteiger partial charge on any atom is -0.492 e. The van der Waals surface area contributed by atoms with Crippen LogP contribution in [-0.2, 0) is 6.42 Å². The molecule has 0 radical (unpaired) electrons.